The predicted molar refractivity (Wildman–Crippen MR) is 141 cm³/mol. The quantitative estimate of drug-likeness (QED) is 0.625. The lowest BCUT2D eigenvalue weighted by molar-refractivity contribution is -0.141. The number of alkyl halides is 3. The molecule has 8 bridgehead atoms. The van der Waals surface area contributed by atoms with Crippen molar-refractivity contribution in [3.8, 4) is 0 Å². The van der Waals surface area contributed by atoms with E-state index < -0.39 is 28.5 Å². The van der Waals surface area contributed by atoms with Crippen molar-refractivity contribution in [3.05, 3.63) is 88.9 Å². The highest BCUT2D eigenvalue weighted by Crippen LogP contribution is 2.52. The second-order valence-electron chi connectivity index (χ2n) is 11.2. The van der Waals surface area contributed by atoms with Gasteiger partial charge in [0.2, 0.25) is 0 Å². The fraction of sp³-hybridized carbons (Fsp3) is 0.310. The number of carbonyl (C=O) groups is 1. The molecule has 2 atom stereocenters. The molecule has 0 aromatic carbocycles. The fourth-order valence-corrected chi connectivity index (χ4v) is 5.79. The normalized spacial score (nSPS) is 28.8. The summed E-state index contributed by atoms with van der Waals surface area (Å²) in [6, 6.07) is 3.82. The summed E-state index contributed by atoms with van der Waals surface area (Å²) < 4.78 is 41.9. The zero-order chi connectivity index (χ0) is 27.2. The maximum absolute atomic E-state index is 14.1. The summed E-state index contributed by atoms with van der Waals surface area (Å²) in [6.45, 7) is 3.69. The molecule has 2 fully saturated rings. The average Bonchev–Trinajstić information content (AvgIpc) is 3.26. The molecule has 7 rings (SSSR count). The SMILES string of the molecule is CC1(C)C(=O)C2(C3CC3)C=C3C=CC(=N3)C=c3ccc([nH]3)=CC3=NC(n4cnc(C(F)(F)F)c4)(C=C3)C=C1N2. The van der Waals surface area contributed by atoms with E-state index in [0.29, 0.717) is 17.1 Å². The molecule has 2 aromatic rings. The zero-order valence-corrected chi connectivity index (χ0v) is 21.3. The Morgan fingerprint density at radius 3 is 2.46 bits per heavy atom. The van der Waals surface area contributed by atoms with Gasteiger partial charge in [0.1, 0.15) is 5.54 Å². The molecular formula is C29H25F3N6O. The molecule has 2 aromatic heterocycles. The minimum Gasteiger partial charge on any atom is -0.372 e. The molecule has 10 heteroatoms. The van der Waals surface area contributed by atoms with Crippen LogP contribution in [0.4, 0.5) is 13.2 Å². The van der Waals surface area contributed by atoms with Gasteiger partial charge in [-0.2, -0.15) is 13.2 Å². The number of hydrogen-bond donors (Lipinski definition) is 2. The molecule has 2 unspecified atom stereocenters. The molecule has 4 aliphatic heterocycles. The number of ketones is 1. The molecular weight excluding hydrogens is 505 g/mol. The van der Waals surface area contributed by atoms with Crippen LogP contribution in [0.5, 0.6) is 0 Å². The number of carbonyl (C=O) groups excluding carboxylic acids is 1. The van der Waals surface area contributed by atoms with Crippen molar-refractivity contribution in [3.63, 3.8) is 0 Å². The molecule has 5 aliphatic rings. The smallest absolute Gasteiger partial charge is 0.372 e. The first kappa shape index (κ1) is 23.9. The molecule has 1 aliphatic carbocycles. The molecule has 39 heavy (non-hydrogen) atoms. The van der Waals surface area contributed by atoms with Crippen molar-refractivity contribution in [2.75, 3.05) is 0 Å². The number of aliphatic imine (C=N–C) groups is 2. The van der Waals surface area contributed by atoms with Gasteiger partial charge in [0.05, 0.1) is 28.9 Å². The molecule has 1 saturated carbocycles. The molecule has 0 amide bonds. The number of aromatic nitrogens is 3. The van der Waals surface area contributed by atoms with Gasteiger partial charge in [0.25, 0.3) is 0 Å². The number of nitrogens with one attached hydrogen (secondary N) is 2. The molecule has 2 N–H and O–H groups in total. The van der Waals surface area contributed by atoms with Gasteiger partial charge in [-0.05, 0) is 93.3 Å². The highest BCUT2D eigenvalue weighted by atomic mass is 19.4. The highest BCUT2D eigenvalue weighted by Gasteiger charge is 2.60. The summed E-state index contributed by atoms with van der Waals surface area (Å²) in [5, 5.41) is 5.15. The van der Waals surface area contributed by atoms with E-state index in [-0.39, 0.29) is 11.7 Å². The average molecular weight is 531 g/mol. The van der Waals surface area contributed by atoms with Crippen molar-refractivity contribution in [1.82, 2.24) is 19.9 Å². The van der Waals surface area contributed by atoms with Crippen LogP contribution in [-0.4, -0.2) is 37.3 Å². The van der Waals surface area contributed by atoms with Crippen molar-refractivity contribution < 1.29 is 18.0 Å². The number of halogens is 3. The van der Waals surface area contributed by atoms with Gasteiger partial charge >= 0.3 is 6.18 Å². The Morgan fingerprint density at radius 1 is 1.03 bits per heavy atom. The summed E-state index contributed by atoms with van der Waals surface area (Å²) in [4.78, 5) is 30.7. The maximum atomic E-state index is 14.1. The second kappa shape index (κ2) is 7.68. The first-order valence-corrected chi connectivity index (χ1v) is 12.8. The Bertz CT molecular complexity index is 1740. The zero-order valence-electron chi connectivity index (χ0n) is 21.3. The Balaban J connectivity index is 1.49. The van der Waals surface area contributed by atoms with Gasteiger partial charge in [-0.3, -0.25) is 4.79 Å². The van der Waals surface area contributed by atoms with Gasteiger partial charge in [-0.1, -0.05) is 0 Å². The Labute approximate surface area is 221 Å². The maximum Gasteiger partial charge on any atom is 0.434 e. The van der Waals surface area contributed by atoms with E-state index in [1.807, 2.05) is 56.4 Å². The van der Waals surface area contributed by atoms with Gasteiger partial charge < -0.3 is 14.9 Å². The number of allylic oxidation sites excluding steroid dienone is 4. The van der Waals surface area contributed by atoms with E-state index in [1.54, 1.807) is 18.2 Å². The lowest BCUT2D eigenvalue weighted by atomic mass is 9.77. The number of imidazole rings is 1. The summed E-state index contributed by atoms with van der Waals surface area (Å²) in [7, 11) is 0. The van der Waals surface area contributed by atoms with Crippen LogP contribution in [0, 0.1) is 11.3 Å². The fourth-order valence-electron chi connectivity index (χ4n) is 5.79. The standard InChI is InChI=1S/C29H25F3N6O/c1-26(2)23-14-27(38-15-24(33-16-38)29(30,31)32)10-9-21(36-27)12-20-6-5-18(34-20)11-19-7-8-22(35-19)13-28(37-23,25(26)39)17-3-4-17/h5-17,34,37H,3-4H2,1-2H3. The van der Waals surface area contributed by atoms with Gasteiger partial charge in [0.15, 0.2) is 17.1 Å². The van der Waals surface area contributed by atoms with Crippen LogP contribution < -0.4 is 16.0 Å². The Morgan fingerprint density at radius 2 is 1.77 bits per heavy atom. The summed E-state index contributed by atoms with van der Waals surface area (Å²) >= 11 is 0. The first-order valence-electron chi connectivity index (χ1n) is 12.8. The van der Waals surface area contributed by atoms with Crippen molar-refractivity contribution in [2.24, 2.45) is 21.3 Å². The van der Waals surface area contributed by atoms with Gasteiger partial charge in [-0.15, -0.1) is 0 Å². The van der Waals surface area contributed by atoms with Crippen LogP contribution in [0.1, 0.15) is 32.4 Å². The molecule has 7 nitrogen and oxygen atoms in total. The number of Topliss-reactive ketones (excluding diaryl/α,β-unsaturated/α-hetero) is 1. The largest absolute Gasteiger partial charge is 0.434 e. The van der Waals surface area contributed by atoms with Crippen LogP contribution in [0.15, 0.2) is 82.5 Å². The minimum atomic E-state index is -4.60. The van der Waals surface area contributed by atoms with E-state index in [2.05, 4.69) is 15.3 Å². The third-order valence-corrected chi connectivity index (χ3v) is 8.03. The van der Waals surface area contributed by atoms with Crippen LogP contribution >= 0.6 is 0 Å². The molecule has 6 heterocycles. The number of fused-ring (bicyclic) bond motifs is 6. The Kier molecular flexibility index (Phi) is 4.70. The van der Waals surface area contributed by atoms with Gasteiger partial charge in [-0.25, -0.2) is 15.0 Å². The second-order valence-corrected chi connectivity index (χ2v) is 11.2. The van der Waals surface area contributed by atoms with E-state index in [4.69, 9.17) is 9.98 Å². The Hall–Kier alpha value is -4.21. The number of nitrogens with zero attached hydrogens (tertiary/aromatic N) is 4. The predicted octanol–water partition coefficient (Wildman–Crippen LogP) is 3.29. The molecule has 0 radical (unpaired) electrons. The number of hydrogen-bond acceptors (Lipinski definition) is 5. The van der Waals surface area contributed by atoms with Crippen molar-refractivity contribution >= 4 is 29.4 Å². The lowest BCUT2D eigenvalue weighted by Crippen LogP contribution is -2.47. The molecule has 0 spiro atoms. The van der Waals surface area contributed by atoms with Gasteiger partial charge in [0, 0.05) is 22.6 Å². The summed E-state index contributed by atoms with van der Waals surface area (Å²) in [6.07, 6.45) is 14.0. The van der Waals surface area contributed by atoms with E-state index in [9.17, 15) is 18.0 Å². The summed E-state index contributed by atoms with van der Waals surface area (Å²) in [5.74, 6) is 0.0985. The molecule has 1 saturated heterocycles. The monoisotopic (exact) mass is 530 g/mol. The summed E-state index contributed by atoms with van der Waals surface area (Å²) in [5.41, 5.74) is -1.67. The third kappa shape index (κ3) is 3.72. The lowest BCUT2D eigenvalue weighted by Gasteiger charge is -2.27. The van der Waals surface area contributed by atoms with Crippen LogP contribution in [0.2, 0.25) is 0 Å². The van der Waals surface area contributed by atoms with Crippen LogP contribution in [0.25, 0.3) is 12.2 Å². The number of rotatable bonds is 2. The van der Waals surface area contributed by atoms with Crippen LogP contribution in [0.3, 0.4) is 0 Å². The number of H-pyrrole nitrogens is 1. The third-order valence-electron chi connectivity index (χ3n) is 8.03. The topological polar surface area (TPSA) is 87.4 Å². The number of aromatic amines is 1. The van der Waals surface area contributed by atoms with Crippen LogP contribution in [-0.2, 0) is 16.6 Å². The highest BCUT2D eigenvalue weighted by molar-refractivity contribution is 6.20. The van der Waals surface area contributed by atoms with E-state index >= 15 is 0 Å². The first-order chi connectivity index (χ1) is 18.5. The van der Waals surface area contributed by atoms with E-state index in [0.717, 1.165) is 41.8 Å². The van der Waals surface area contributed by atoms with E-state index in [1.165, 1.54) is 4.57 Å². The van der Waals surface area contributed by atoms with Crippen molar-refractivity contribution in [1.29, 1.82) is 0 Å². The minimum absolute atomic E-state index is 0.00434. The van der Waals surface area contributed by atoms with Crippen molar-refractivity contribution in [2.45, 2.75) is 44.1 Å². The molecule has 198 valence electrons.